The molecule has 118 valence electrons. The first-order chi connectivity index (χ1) is 10.3. The Labute approximate surface area is 132 Å². The zero-order valence-corrected chi connectivity index (χ0v) is 12.4. The molecule has 0 saturated heterocycles. The van der Waals surface area contributed by atoms with E-state index in [2.05, 4.69) is 17.9 Å². The van der Waals surface area contributed by atoms with E-state index in [1.165, 1.54) is 18.3 Å². The van der Waals surface area contributed by atoms with Crippen LogP contribution in [0.25, 0.3) is 0 Å². The summed E-state index contributed by atoms with van der Waals surface area (Å²) in [6.07, 6.45) is 1.45. The maximum absolute atomic E-state index is 12.5. The summed E-state index contributed by atoms with van der Waals surface area (Å²) in [5.41, 5.74) is -5.17. The molecular formula is C11H8F3N3O3S2. The standard InChI is InChI=1S/C11H8F3N3O3S2/c12-11(13,14)22-9-3-1-2-8(17(18)19)7(9)6-20-10-4-5-16(21)15-10/h1-5,21H,6H2. The molecule has 1 heterocycles. The molecule has 0 aliphatic rings. The minimum Gasteiger partial charge on any atom is -0.471 e. The van der Waals surface area contributed by atoms with Crippen LogP contribution in [0.1, 0.15) is 5.56 Å². The summed E-state index contributed by atoms with van der Waals surface area (Å²) in [5.74, 6) is 0.0936. The fourth-order valence-corrected chi connectivity index (χ4v) is 2.45. The Bertz CT molecular complexity index is 691. The summed E-state index contributed by atoms with van der Waals surface area (Å²) in [5, 5.41) is 14.7. The Kier molecular flexibility index (Phi) is 4.86. The zero-order chi connectivity index (χ0) is 16.3. The molecule has 0 radical (unpaired) electrons. The van der Waals surface area contributed by atoms with Crippen molar-refractivity contribution in [2.75, 3.05) is 0 Å². The number of nitro benzene ring substituents is 1. The van der Waals surface area contributed by atoms with Crippen LogP contribution in [0.2, 0.25) is 0 Å². The van der Waals surface area contributed by atoms with Gasteiger partial charge in [-0.3, -0.25) is 10.1 Å². The van der Waals surface area contributed by atoms with Gasteiger partial charge in [0, 0.05) is 23.2 Å². The van der Waals surface area contributed by atoms with Crippen molar-refractivity contribution in [1.29, 1.82) is 0 Å². The van der Waals surface area contributed by atoms with Crippen LogP contribution in [-0.2, 0) is 6.61 Å². The highest BCUT2D eigenvalue weighted by Crippen LogP contribution is 2.41. The summed E-state index contributed by atoms with van der Waals surface area (Å²) in [6, 6.07) is 4.90. The van der Waals surface area contributed by atoms with Crippen molar-refractivity contribution in [1.82, 2.24) is 9.19 Å². The Balaban J connectivity index is 2.30. The number of alkyl halides is 3. The predicted octanol–water partition coefficient (Wildman–Crippen LogP) is 3.68. The second-order valence-corrected chi connectivity index (χ2v) is 5.44. The van der Waals surface area contributed by atoms with E-state index in [1.54, 1.807) is 0 Å². The maximum Gasteiger partial charge on any atom is 0.446 e. The number of ether oxygens (including phenoxy) is 1. The number of nitrogens with zero attached hydrogens (tertiary/aromatic N) is 3. The summed E-state index contributed by atoms with van der Waals surface area (Å²) >= 11 is 3.45. The SMILES string of the molecule is O=[N+]([O-])c1cccc(SC(F)(F)F)c1COc1ccn(S)n1. The van der Waals surface area contributed by atoms with Crippen LogP contribution < -0.4 is 4.74 Å². The molecule has 1 aromatic heterocycles. The quantitative estimate of drug-likeness (QED) is 0.385. The van der Waals surface area contributed by atoms with Gasteiger partial charge in [-0.15, -0.1) is 5.10 Å². The average Bonchev–Trinajstić information content (AvgIpc) is 2.81. The normalized spacial score (nSPS) is 11.5. The molecular weight excluding hydrogens is 343 g/mol. The van der Waals surface area contributed by atoms with E-state index in [0.717, 1.165) is 16.2 Å². The van der Waals surface area contributed by atoms with Crippen molar-refractivity contribution in [3.63, 3.8) is 0 Å². The lowest BCUT2D eigenvalue weighted by molar-refractivity contribution is -0.386. The van der Waals surface area contributed by atoms with Gasteiger partial charge in [0.2, 0.25) is 5.88 Å². The maximum atomic E-state index is 12.5. The first-order valence-electron chi connectivity index (χ1n) is 5.66. The largest absolute Gasteiger partial charge is 0.471 e. The van der Waals surface area contributed by atoms with Crippen LogP contribution in [0.4, 0.5) is 18.9 Å². The molecule has 0 aliphatic heterocycles. The minimum absolute atomic E-state index is 0.0936. The fraction of sp³-hybridized carbons (Fsp3) is 0.182. The van der Waals surface area contributed by atoms with Gasteiger partial charge in [0.05, 0.1) is 10.5 Å². The highest BCUT2D eigenvalue weighted by molar-refractivity contribution is 8.00. The Morgan fingerprint density at radius 1 is 1.41 bits per heavy atom. The van der Waals surface area contributed by atoms with E-state index in [9.17, 15) is 23.3 Å². The second-order valence-electron chi connectivity index (χ2n) is 3.92. The molecule has 22 heavy (non-hydrogen) atoms. The molecule has 2 aromatic rings. The number of thiol groups is 1. The molecule has 1 aromatic carbocycles. The van der Waals surface area contributed by atoms with Crippen LogP contribution in [0, 0.1) is 10.1 Å². The van der Waals surface area contributed by atoms with Crippen LogP contribution in [-0.4, -0.2) is 19.6 Å². The van der Waals surface area contributed by atoms with Crippen molar-refractivity contribution >= 4 is 30.3 Å². The zero-order valence-electron chi connectivity index (χ0n) is 10.6. The summed E-state index contributed by atoms with van der Waals surface area (Å²) in [6.45, 7) is -0.416. The predicted molar refractivity (Wildman–Crippen MR) is 76.0 cm³/mol. The Morgan fingerprint density at radius 3 is 2.68 bits per heavy atom. The molecule has 2 rings (SSSR count). The molecule has 0 N–H and O–H groups in total. The van der Waals surface area contributed by atoms with Gasteiger partial charge in [-0.25, -0.2) is 4.09 Å². The third-order valence-electron chi connectivity index (χ3n) is 2.45. The first-order valence-corrected chi connectivity index (χ1v) is 6.87. The molecule has 0 aliphatic carbocycles. The summed E-state index contributed by atoms with van der Waals surface area (Å²) < 4.78 is 44.0. The number of hydrogen-bond acceptors (Lipinski definition) is 6. The van der Waals surface area contributed by atoms with Gasteiger partial charge in [0.1, 0.15) is 6.61 Å². The molecule has 0 fully saturated rings. The minimum atomic E-state index is -4.56. The number of hydrogen-bond donors (Lipinski definition) is 1. The van der Waals surface area contributed by atoms with Crippen molar-refractivity contribution in [3.05, 3.63) is 46.1 Å². The van der Waals surface area contributed by atoms with E-state index < -0.39 is 34.5 Å². The summed E-state index contributed by atoms with van der Waals surface area (Å²) in [7, 11) is 0. The number of rotatable bonds is 5. The van der Waals surface area contributed by atoms with Crippen LogP contribution >= 0.6 is 24.6 Å². The smallest absolute Gasteiger partial charge is 0.446 e. The van der Waals surface area contributed by atoms with E-state index in [4.69, 9.17) is 4.74 Å². The van der Waals surface area contributed by atoms with Crippen molar-refractivity contribution in [3.8, 4) is 5.88 Å². The van der Waals surface area contributed by atoms with Crippen molar-refractivity contribution in [2.24, 2.45) is 0 Å². The third kappa shape index (κ3) is 4.31. The molecule has 0 bridgehead atoms. The number of nitro groups is 1. The Morgan fingerprint density at radius 2 is 2.14 bits per heavy atom. The molecule has 0 spiro atoms. The number of benzene rings is 1. The first kappa shape index (κ1) is 16.5. The number of aromatic nitrogens is 2. The monoisotopic (exact) mass is 351 g/mol. The molecule has 0 atom stereocenters. The highest BCUT2D eigenvalue weighted by Gasteiger charge is 2.32. The molecule has 11 heteroatoms. The molecule has 0 saturated carbocycles. The van der Waals surface area contributed by atoms with Crippen LogP contribution in [0.5, 0.6) is 5.88 Å². The lowest BCUT2D eigenvalue weighted by Gasteiger charge is -2.11. The van der Waals surface area contributed by atoms with Gasteiger partial charge in [0.25, 0.3) is 5.69 Å². The highest BCUT2D eigenvalue weighted by atomic mass is 32.2. The number of thioether (sulfide) groups is 1. The van der Waals surface area contributed by atoms with Gasteiger partial charge in [-0.2, -0.15) is 13.2 Å². The van der Waals surface area contributed by atoms with Gasteiger partial charge in [0.15, 0.2) is 0 Å². The molecule has 0 amide bonds. The lowest BCUT2D eigenvalue weighted by atomic mass is 10.2. The number of halogens is 3. The second kappa shape index (κ2) is 6.48. The van der Waals surface area contributed by atoms with Gasteiger partial charge < -0.3 is 4.74 Å². The topological polar surface area (TPSA) is 70.2 Å². The van der Waals surface area contributed by atoms with Crippen molar-refractivity contribution < 1.29 is 22.8 Å². The lowest BCUT2D eigenvalue weighted by Crippen LogP contribution is -2.06. The van der Waals surface area contributed by atoms with E-state index in [0.29, 0.717) is 0 Å². The average molecular weight is 351 g/mol. The van der Waals surface area contributed by atoms with Crippen LogP contribution in [0.3, 0.4) is 0 Å². The van der Waals surface area contributed by atoms with Crippen LogP contribution in [0.15, 0.2) is 35.4 Å². The summed E-state index contributed by atoms with van der Waals surface area (Å²) in [4.78, 5) is 9.94. The van der Waals surface area contributed by atoms with E-state index >= 15 is 0 Å². The van der Waals surface area contributed by atoms with Gasteiger partial charge >= 0.3 is 5.51 Å². The fourth-order valence-electron chi connectivity index (χ4n) is 1.61. The van der Waals surface area contributed by atoms with Gasteiger partial charge in [-0.1, -0.05) is 6.07 Å². The molecule has 6 nitrogen and oxygen atoms in total. The third-order valence-corrected chi connectivity index (χ3v) is 3.50. The van der Waals surface area contributed by atoms with Crippen molar-refractivity contribution in [2.45, 2.75) is 17.0 Å². The molecule has 0 unspecified atom stereocenters. The van der Waals surface area contributed by atoms with Gasteiger partial charge in [-0.05, 0) is 30.6 Å². The van der Waals surface area contributed by atoms with E-state index in [1.807, 2.05) is 0 Å². The Hall–Kier alpha value is -1.88. The van der Waals surface area contributed by atoms with E-state index in [-0.39, 0.29) is 16.3 Å².